The van der Waals surface area contributed by atoms with Crippen molar-refractivity contribution >= 4 is 56.4 Å². The molecule has 4 aromatic heterocycles. The Bertz CT molecular complexity index is 1910. The molecule has 5 heterocycles. The van der Waals surface area contributed by atoms with Gasteiger partial charge >= 0.3 is 0 Å². The van der Waals surface area contributed by atoms with Crippen molar-refractivity contribution < 1.29 is 4.79 Å². The molecule has 6 aromatic rings. The fourth-order valence-corrected chi connectivity index (χ4v) is 5.21. The fourth-order valence-electron chi connectivity index (χ4n) is 5.21. The Balaban J connectivity index is 0.000000963. The van der Waals surface area contributed by atoms with Crippen molar-refractivity contribution in [1.29, 1.82) is 0 Å². The summed E-state index contributed by atoms with van der Waals surface area (Å²) in [6.07, 6.45) is 6.44. The smallest absolute Gasteiger partial charge is 0.228 e. The first-order valence-corrected chi connectivity index (χ1v) is 15.6. The van der Waals surface area contributed by atoms with Crippen LogP contribution in [0.15, 0.2) is 85.3 Å². The number of amides is 1. The highest BCUT2D eigenvalue weighted by atomic mass is 16.2. The van der Waals surface area contributed by atoms with Crippen LogP contribution in [0.5, 0.6) is 0 Å². The van der Waals surface area contributed by atoms with Crippen molar-refractivity contribution in [2.75, 3.05) is 28.2 Å². The third-order valence-electron chi connectivity index (χ3n) is 7.42. The summed E-state index contributed by atoms with van der Waals surface area (Å²) in [7, 11) is 0. The lowest BCUT2D eigenvalue weighted by molar-refractivity contribution is -0.115. The molecule has 2 aromatic carbocycles. The maximum Gasteiger partial charge on any atom is 0.228 e. The van der Waals surface area contributed by atoms with Crippen LogP contribution in [0, 0.1) is 6.92 Å². The molecule has 0 saturated carbocycles. The van der Waals surface area contributed by atoms with Crippen molar-refractivity contribution in [2.45, 2.75) is 48.0 Å². The maximum atomic E-state index is 12.6. The van der Waals surface area contributed by atoms with Crippen LogP contribution < -0.4 is 15.1 Å². The first-order valence-electron chi connectivity index (χ1n) is 15.6. The molecular weight excluding hydrogens is 560 g/mol. The lowest BCUT2D eigenvalue weighted by Gasteiger charge is -2.33. The van der Waals surface area contributed by atoms with E-state index in [0.29, 0.717) is 17.2 Å². The maximum absolute atomic E-state index is 12.6. The summed E-state index contributed by atoms with van der Waals surface area (Å²) in [5, 5.41) is 4.66. The molecule has 1 saturated heterocycles. The second-order valence-corrected chi connectivity index (χ2v) is 10.3. The molecule has 1 aliphatic rings. The molecule has 1 aliphatic heterocycles. The Morgan fingerprint density at radius 1 is 0.867 bits per heavy atom. The molecule has 0 unspecified atom stereocenters. The second-order valence-electron chi connectivity index (χ2n) is 10.3. The second kappa shape index (κ2) is 14.0. The third-order valence-corrected chi connectivity index (χ3v) is 7.42. The number of aromatic nitrogens is 5. The van der Waals surface area contributed by atoms with Gasteiger partial charge < -0.3 is 15.2 Å². The SMILES string of the molecule is CC.CC.CC(=O)N(c1ccnc(C)c1)c1cnc2nc(-c3ccc(Nc4ccnc5ccc(N6CCC6)cc45)cc3)[nH]c2c1. The van der Waals surface area contributed by atoms with Gasteiger partial charge in [0.15, 0.2) is 5.65 Å². The minimum Gasteiger partial charge on any atom is -0.371 e. The summed E-state index contributed by atoms with van der Waals surface area (Å²) in [5.74, 6) is 0.595. The first-order chi connectivity index (χ1) is 22.0. The van der Waals surface area contributed by atoms with E-state index >= 15 is 0 Å². The van der Waals surface area contributed by atoms with Gasteiger partial charge in [-0.25, -0.2) is 9.97 Å². The summed E-state index contributed by atoms with van der Waals surface area (Å²) >= 11 is 0. The van der Waals surface area contributed by atoms with E-state index in [-0.39, 0.29) is 5.91 Å². The topological polar surface area (TPSA) is 103 Å². The van der Waals surface area contributed by atoms with Crippen LogP contribution in [0.4, 0.5) is 28.4 Å². The summed E-state index contributed by atoms with van der Waals surface area (Å²) in [4.78, 5) is 38.0. The average Bonchev–Trinajstić information content (AvgIpc) is 3.47. The van der Waals surface area contributed by atoms with Crippen LogP contribution in [0.1, 0.15) is 46.7 Å². The number of nitrogens with one attached hydrogen (secondary N) is 2. The van der Waals surface area contributed by atoms with Crippen molar-refractivity contribution in [2.24, 2.45) is 0 Å². The van der Waals surface area contributed by atoms with Crippen LogP contribution >= 0.6 is 0 Å². The van der Waals surface area contributed by atoms with Gasteiger partial charge in [-0.15, -0.1) is 0 Å². The Hall–Kier alpha value is -5.31. The van der Waals surface area contributed by atoms with E-state index in [0.717, 1.165) is 57.8 Å². The zero-order chi connectivity index (χ0) is 31.9. The number of hydrogen-bond donors (Lipinski definition) is 2. The normalized spacial score (nSPS) is 12.0. The lowest BCUT2D eigenvalue weighted by atomic mass is 10.1. The highest BCUT2D eigenvalue weighted by Crippen LogP contribution is 2.32. The van der Waals surface area contributed by atoms with Gasteiger partial charge in [0.05, 0.1) is 28.6 Å². The summed E-state index contributed by atoms with van der Waals surface area (Å²) in [6.45, 7) is 13.6. The number of aromatic amines is 1. The molecule has 7 rings (SSSR count). The van der Waals surface area contributed by atoms with Crippen LogP contribution in [-0.2, 0) is 4.79 Å². The number of hydrogen-bond acceptors (Lipinski definition) is 7. The van der Waals surface area contributed by atoms with Gasteiger partial charge in [-0.1, -0.05) is 27.7 Å². The number of carbonyl (C=O) groups is 1. The molecule has 9 nitrogen and oxygen atoms in total. The van der Waals surface area contributed by atoms with E-state index in [1.165, 1.54) is 19.0 Å². The Kier molecular flexibility index (Phi) is 9.67. The number of fused-ring (bicyclic) bond motifs is 2. The number of rotatable bonds is 6. The van der Waals surface area contributed by atoms with Crippen molar-refractivity contribution in [1.82, 2.24) is 24.9 Å². The van der Waals surface area contributed by atoms with Crippen LogP contribution in [0.25, 0.3) is 33.5 Å². The summed E-state index contributed by atoms with van der Waals surface area (Å²) in [6, 6.07) is 22.2. The lowest BCUT2D eigenvalue weighted by Crippen LogP contribution is -2.36. The standard InChI is InChI=1S/C32H28N8O.2C2H6/c1-20-16-25(10-12-33-20)40(21(2)41)26-18-30-32(35-19-26)38-31(37-30)22-4-6-23(7-5-22)36-29-11-13-34-28-9-8-24(17-27(28)29)39-14-3-15-39;2*1-2/h4-13,16-19H,3,14-15H2,1-2H3,(H,34,36)(H,35,37,38);2*1-2H3. The number of nitrogens with zero attached hydrogens (tertiary/aromatic N) is 6. The van der Waals surface area contributed by atoms with E-state index in [4.69, 9.17) is 4.98 Å². The number of carbonyl (C=O) groups excluding carboxylic acids is 1. The van der Waals surface area contributed by atoms with E-state index in [2.05, 4.69) is 48.4 Å². The van der Waals surface area contributed by atoms with Crippen LogP contribution in [0.3, 0.4) is 0 Å². The number of H-pyrrole nitrogens is 1. The van der Waals surface area contributed by atoms with Gasteiger partial charge in [-0.3, -0.25) is 19.7 Å². The van der Waals surface area contributed by atoms with Gasteiger partial charge in [0.25, 0.3) is 0 Å². The molecular formula is C36H40N8O. The Labute approximate surface area is 264 Å². The summed E-state index contributed by atoms with van der Waals surface area (Å²) in [5.41, 5.74) is 8.69. The highest BCUT2D eigenvalue weighted by molar-refractivity contribution is 6.00. The largest absolute Gasteiger partial charge is 0.371 e. The predicted octanol–water partition coefficient (Wildman–Crippen LogP) is 8.57. The number of anilines is 5. The minimum absolute atomic E-state index is 0.113. The van der Waals surface area contributed by atoms with Gasteiger partial charge in [0.1, 0.15) is 5.82 Å². The quantitative estimate of drug-likeness (QED) is 0.197. The van der Waals surface area contributed by atoms with E-state index < -0.39 is 0 Å². The zero-order valence-corrected chi connectivity index (χ0v) is 26.8. The fraction of sp³-hybridized carbons (Fsp3) is 0.250. The predicted molar refractivity (Wildman–Crippen MR) is 186 cm³/mol. The summed E-state index contributed by atoms with van der Waals surface area (Å²) < 4.78 is 0. The van der Waals surface area contributed by atoms with E-state index in [9.17, 15) is 4.79 Å². The molecule has 0 spiro atoms. The van der Waals surface area contributed by atoms with E-state index in [1.54, 1.807) is 17.3 Å². The zero-order valence-electron chi connectivity index (χ0n) is 26.8. The van der Waals surface area contributed by atoms with Gasteiger partial charge in [0.2, 0.25) is 5.91 Å². The molecule has 0 bridgehead atoms. The molecule has 1 fully saturated rings. The number of benzene rings is 2. The molecule has 0 atom stereocenters. The minimum atomic E-state index is -0.113. The monoisotopic (exact) mass is 600 g/mol. The molecule has 0 aliphatic carbocycles. The average molecular weight is 601 g/mol. The van der Waals surface area contributed by atoms with Gasteiger partial charge in [-0.05, 0) is 80.1 Å². The highest BCUT2D eigenvalue weighted by Gasteiger charge is 2.18. The van der Waals surface area contributed by atoms with Crippen LogP contribution in [-0.4, -0.2) is 43.9 Å². The van der Waals surface area contributed by atoms with Crippen molar-refractivity contribution in [3.05, 3.63) is 91.0 Å². The molecule has 230 valence electrons. The Morgan fingerprint density at radius 2 is 1.62 bits per heavy atom. The van der Waals surface area contributed by atoms with Crippen molar-refractivity contribution in [3.8, 4) is 11.4 Å². The molecule has 45 heavy (non-hydrogen) atoms. The molecule has 0 radical (unpaired) electrons. The first kappa shape index (κ1) is 31.1. The Morgan fingerprint density at radius 3 is 2.31 bits per heavy atom. The van der Waals surface area contributed by atoms with E-state index in [1.807, 2.05) is 89.3 Å². The third kappa shape index (κ3) is 6.62. The molecule has 2 N–H and O–H groups in total. The van der Waals surface area contributed by atoms with Crippen molar-refractivity contribution in [3.63, 3.8) is 0 Å². The number of imidazole rings is 1. The van der Waals surface area contributed by atoms with Gasteiger partial charge in [0, 0.05) is 66.1 Å². The molecule has 1 amide bonds. The number of pyridine rings is 3. The van der Waals surface area contributed by atoms with Gasteiger partial charge in [-0.2, -0.15) is 0 Å². The van der Waals surface area contributed by atoms with Crippen LogP contribution in [0.2, 0.25) is 0 Å². The molecule has 9 heteroatoms. The number of aryl methyl sites for hydroxylation is 1.